The maximum Gasteiger partial charge on any atom is 0.534 e. The molecule has 0 saturated carbocycles. The summed E-state index contributed by atoms with van der Waals surface area (Å²) in [7, 11) is -12.3. The number of rotatable bonds is 5. The average molecular weight is 457 g/mol. The van der Waals surface area contributed by atoms with Crippen LogP contribution in [0.4, 0.5) is 32.0 Å². The topological polar surface area (TPSA) is 90.0 Å². The van der Waals surface area contributed by atoms with Crippen LogP contribution >= 0.6 is 0 Å². The largest absolute Gasteiger partial charge is 0.534 e. The fourth-order valence-electron chi connectivity index (χ4n) is 2.43. The van der Waals surface area contributed by atoms with Gasteiger partial charge in [0.15, 0.2) is 5.75 Å². The highest BCUT2D eigenvalue weighted by Crippen LogP contribution is 2.40. The van der Waals surface area contributed by atoms with Gasteiger partial charge in [-0.05, 0) is 25.0 Å². The van der Waals surface area contributed by atoms with Crippen molar-refractivity contribution in [3.05, 3.63) is 24.3 Å². The molecule has 0 spiro atoms. The van der Waals surface area contributed by atoms with Gasteiger partial charge in [0.25, 0.3) is 0 Å². The smallest absolute Gasteiger partial charge is 0.381 e. The lowest BCUT2D eigenvalue weighted by atomic mass is 10.1. The minimum absolute atomic E-state index is 0.0988. The zero-order valence-corrected chi connectivity index (χ0v) is 15.3. The fourth-order valence-corrected chi connectivity index (χ4v) is 4.14. The second-order valence-corrected chi connectivity index (χ2v) is 8.89. The zero-order valence-electron chi connectivity index (χ0n) is 13.7. The van der Waals surface area contributed by atoms with Crippen molar-refractivity contribution < 1.29 is 52.1 Å². The molecule has 7 nitrogen and oxygen atoms in total. The van der Waals surface area contributed by atoms with Gasteiger partial charge in [0.05, 0.1) is 5.69 Å². The molecule has 160 valence electrons. The highest BCUT2D eigenvalue weighted by molar-refractivity contribution is 7.93. The predicted octanol–water partition coefficient (Wildman–Crippen LogP) is 2.75. The lowest BCUT2D eigenvalue weighted by Crippen LogP contribution is -2.49. The third-order valence-corrected chi connectivity index (χ3v) is 6.22. The average Bonchev–Trinajstić information content (AvgIpc) is 2.55. The van der Waals surface area contributed by atoms with Crippen molar-refractivity contribution in [3.8, 4) is 5.75 Å². The van der Waals surface area contributed by atoms with Crippen LogP contribution in [-0.2, 0) is 24.9 Å². The van der Waals surface area contributed by atoms with Gasteiger partial charge >= 0.3 is 31.2 Å². The summed E-state index contributed by atoms with van der Waals surface area (Å²) >= 11 is 0. The van der Waals surface area contributed by atoms with E-state index in [1.54, 1.807) is 0 Å². The summed E-state index contributed by atoms with van der Waals surface area (Å²) in [6, 6.07) is 2.02. The van der Waals surface area contributed by atoms with E-state index in [9.17, 15) is 43.2 Å². The van der Waals surface area contributed by atoms with Crippen molar-refractivity contribution >= 4 is 25.8 Å². The molecule has 1 aromatic rings. The summed E-state index contributed by atoms with van der Waals surface area (Å²) in [6.45, 7) is -0.198. The molecule has 28 heavy (non-hydrogen) atoms. The van der Waals surface area contributed by atoms with Crippen LogP contribution in [0, 0.1) is 0 Å². The molecular formula is C13H13F6NO6S2. The molecule has 0 unspecified atom stereocenters. The Balaban J connectivity index is 2.62. The highest BCUT2D eigenvalue weighted by atomic mass is 32.2. The second kappa shape index (κ2) is 7.59. The van der Waals surface area contributed by atoms with Crippen LogP contribution in [0.3, 0.4) is 0 Å². The van der Waals surface area contributed by atoms with Crippen molar-refractivity contribution in [1.82, 2.24) is 0 Å². The van der Waals surface area contributed by atoms with Gasteiger partial charge in [-0.25, -0.2) is 0 Å². The van der Waals surface area contributed by atoms with E-state index in [2.05, 4.69) is 4.18 Å². The van der Waals surface area contributed by atoms with Gasteiger partial charge in [0.1, 0.15) is 0 Å². The Morgan fingerprint density at radius 3 is 1.96 bits per heavy atom. The molecule has 0 aromatic heterocycles. The molecule has 0 bridgehead atoms. The van der Waals surface area contributed by atoms with E-state index in [4.69, 9.17) is 4.74 Å². The minimum atomic E-state index is -6.25. The number of benzene rings is 1. The lowest BCUT2D eigenvalue weighted by molar-refractivity contribution is -0.0501. The van der Waals surface area contributed by atoms with Gasteiger partial charge in [-0.2, -0.15) is 43.2 Å². The third kappa shape index (κ3) is 4.46. The number of para-hydroxylation sites is 2. The normalized spacial score (nSPS) is 17.4. The van der Waals surface area contributed by atoms with Gasteiger partial charge in [-0.3, -0.25) is 4.31 Å². The number of hydrogen-bond acceptors (Lipinski definition) is 6. The van der Waals surface area contributed by atoms with Crippen molar-refractivity contribution in [3.63, 3.8) is 0 Å². The maximum atomic E-state index is 13.2. The number of anilines is 1. The molecule has 0 N–H and O–H groups in total. The van der Waals surface area contributed by atoms with Crippen molar-refractivity contribution in [2.75, 3.05) is 17.5 Å². The molecule has 1 heterocycles. The van der Waals surface area contributed by atoms with Gasteiger partial charge in [0, 0.05) is 19.3 Å². The quantitative estimate of drug-likeness (QED) is 0.384. The van der Waals surface area contributed by atoms with E-state index in [0.717, 1.165) is 18.2 Å². The number of halogens is 6. The van der Waals surface area contributed by atoms with Crippen LogP contribution in [0.15, 0.2) is 24.3 Å². The Morgan fingerprint density at radius 2 is 1.46 bits per heavy atom. The molecule has 0 radical (unpaired) electrons. The molecule has 2 rings (SSSR count). The van der Waals surface area contributed by atoms with Crippen molar-refractivity contribution in [2.45, 2.75) is 29.9 Å². The van der Waals surface area contributed by atoms with Crippen molar-refractivity contribution in [2.24, 2.45) is 0 Å². The maximum absolute atomic E-state index is 13.2. The van der Waals surface area contributed by atoms with E-state index in [-0.39, 0.29) is 30.4 Å². The van der Waals surface area contributed by atoms with Gasteiger partial charge in [0.2, 0.25) is 0 Å². The zero-order chi connectivity index (χ0) is 21.4. The third-order valence-electron chi connectivity index (χ3n) is 3.66. The van der Waals surface area contributed by atoms with E-state index >= 15 is 0 Å². The van der Waals surface area contributed by atoms with E-state index in [1.165, 1.54) is 0 Å². The first-order valence-corrected chi connectivity index (χ1v) is 10.3. The van der Waals surface area contributed by atoms with Crippen LogP contribution in [0.25, 0.3) is 0 Å². The van der Waals surface area contributed by atoms with Crippen LogP contribution in [0.2, 0.25) is 0 Å². The monoisotopic (exact) mass is 457 g/mol. The standard InChI is InChI=1S/C13H13F6NO6S2/c14-12(15,16)27(21,22)20(9-5-7-25-8-6-9)10-3-1-2-4-11(10)26-28(23,24)13(17,18)19/h1-4,9H,5-8H2. The second-order valence-electron chi connectivity index (χ2n) is 5.54. The number of alkyl halides is 6. The molecule has 1 aliphatic heterocycles. The molecule has 1 saturated heterocycles. The van der Waals surface area contributed by atoms with E-state index in [0.29, 0.717) is 6.07 Å². The molecule has 0 aliphatic carbocycles. The Kier molecular flexibility index (Phi) is 6.11. The predicted molar refractivity (Wildman–Crippen MR) is 83.3 cm³/mol. The molecular weight excluding hydrogens is 444 g/mol. The Labute approximate surface area is 156 Å². The highest BCUT2D eigenvalue weighted by Gasteiger charge is 2.54. The van der Waals surface area contributed by atoms with Gasteiger partial charge in [-0.1, -0.05) is 12.1 Å². The Bertz CT molecular complexity index is 906. The van der Waals surface area contributed by atoms with Crippen molar-refractivity contribution in [1.29, 1.82) is 0 Å². The van der Waals surface area contributed by atoms with E-state index in [1.807, 2.05) is 0 Å². The van der Waals surface area contributed by atoms with Crippen LogP contribution in [0.5, 0.6) is 5.75 Å². The molecule has 15 heteroatoms. The summed E-state index contributed by atoms with van der Waals surface area (Å²) in [5, 5.41) is 0. The molecule has 0 atom stereocenters. The molecule has 1 aliphatic rings. The van der Waals surface area contributed by atoms with E-state index < -0.39 is 48.6 Å². The van der Waals surface area contributed by atoms with Crippen LogP contribution in [0.1, 0.15) is 12.8 Å². The number of nitrogens with zero attached hydrogens (tertiary/aromatic N) is 1. The summed E-state index contributed by atoms with van der Waals surface area (Å²) in [4.78, 5) is 0. The first kappa shape index (κ1) is 22.5. The van der Waals surface area contributed by atoms with Gasteiger partial charge in [-0.15, -0.1) is 0 Å². The SMILES string of the molecule is O=S(=O)(Oc1ccccc1N(C1CCOCC1)S(=O)(=O)C(F)(F)F)C(F)(F)F. The first-order chi connectivity index (χ1) is 12.7. The fraction of sp³-hybridized carbons (Fsp3) is 0.538. The molecule has 1 aromatic carbocycles. The summed E-state index contributed by atoms with van der Waals surface area (Å²) < 4.78 is 133. The summed E-state index contributed by atoms with van der Waals surface area (Å²) in [6.07, 6.45) is -0.397. The van der Waals surface area contributed by atoms with Gasteiger partial charge < -0.3 is 8.92 Å². The first-order valence-electron chi connectivity index (χ1n) is 7.47. The Hall–Kier alpha value is -1.74. The van der Waals surface area contributed by atoms with Crippen LogP contribution in [-0.4, -0.2) is 47.1 Å². The number of sulfonamides is 1. The summed E-state index contributed by atoms with van der Waals surface area (Å²) in [5.41, 5.74) is -12.6. The summed E-state index contributed by atoms with van der Waals surface area (Å²) in [5.74, 6) is -1.21. The Morgan fingerprint density at radius 1 is 0.929 bits per heavy atom. The van der Waals surface area contributed by atoms with Crippen LogP contribution < -0.4 is 8.49 Å². The minimum Gasteiger partial charge on any atom is -0.381 e. The lowest BCUT2D eigenvalue weighted by Gasteiger charge is -2.35. The molecule has 0 amide bonds. The number of hydrogen-bond donors (Lipinski definition) is 0. The molecule has 1 fully saturated rings. The number of ether oxygens (including phenoxy) is 1.